The summed E-state index contributed by atoms with van der Waals surface area (Å²) in [5, 5.41) is 16.7. The molecular formula is C6H7BFNO3. The van der Waals surface area contributed by atoms with Crippen LogP contribution in [0, 0.1) is 12.9 Å². The molecule has 0 saturated heterocycles. The minimum atomic E-state index is -2.02. The third-order valence-electron chi connectivity index (χ3n) is 1.18. The third-order valence-corrected chi connectivity index (χ3v) is 1.18. The highest BCUT2D eigenvalue weighted by Gasteiger charge is 2.14. The zero-order chi connectivity index (χ0) is 9.14. The highest BCUT2D eigenvalue weighted by atomic mass is 19.1. The van der Waals surface area contributed by atoms with Crippen LogP contribution in [-0.4, -0.2) is 22.4 Å². The lowest BCUT2D eigenvalue weighted by Crippen LogP contribution is -2.21. The lowest BCUT2D eigenvalue weighted by atomic mass is 10.2. The second-order valence-corrected chi connectivity index (χ2v) is 2.25. The van der Waals surface area contributed by atoms with Gasteiger partial charge < -0.3 is 14.7 Å². The van der Waals surface area contributed by atoms with E-state index in [1.165, 1.54) is 12.3 Å². The van der Waals surface area contributed by atoms with Gasteiger partial charge in [0.15, 0.2) is 5.75 Å². The van der Waals surface area contributed by atoms with E-state index in [9.17, 15) is 4.39 Å². The quantitative estimate of drug-likeness (QED) is 0.480. The Hall–Kier alpha value is -1.14. The summed E-state index contributed by atoms with van der Waals surface area (Å²) in [6.07, 6.45) is 1.31. The summed E-state index contributed by atoms with van der Waals surface area (Å²) in [6.45, 7) is 1.68. The molecule has 0 radical (unpaired) electrons. The largest absolute Gasteiger partial charge is 0.707 e. The van der Waals surface area contributed by atoms with Crippen LogP contribution >= 0.6 is 0 Å². The lowest BCUT2D eigenvalue weighted by molar-refractivity contribution is 0.279. The number of pyridine rings is 1. The van der Waals surface area contributed by atoms with E-state index in [4.69, 9.17) is 10.0 Å². The predicted molar refractivity (Wildman–Crippen MR) is 39.8 cm³/mol. The molecule has 0 aliphatic carbocycles. The van der Waals surface area contributed by atoms with Crippen LogP contribution in [0.2, 0.25) is 0 Å². The molecule has 0 amide bonds. The molecule has 0 aliphatic heterocycles. The Balaban J connectivity index is 2.90. The number of rotatable bonds is 2. The van der Waals surface area contributed by atoms with Crippen LogP contribution in [0.5, 0.6) is 5.75 Å². The van der Waals surface area contributed by atoms with Crippen molar-refractivity contribution in [3.05, 3.63) is 23.8 Å². The van der Waals surface area contributed by atoms with Crippen LogP contribution in [0.4, 0.5) is 4.39 Å². The summed E-state index contributed by atoms with van der Waals surface area (Å²) in [5.74, 6) is -1.14. The number of hydrogen-bond acceptors (Lipinski definition) is 4. The predicted octanol–water partition coefficient (Wildman–Crippen LogP) is -0.123. The molecule has 64 valence electrons. The van der Waals surface area contributed by atoms with Gasteiger partial charge in [0.05, 0.1) is 0 Å². The molecule has 0 aliphatic rings. The maximum atomic E-state index is 12.7. The third kappa shape index (κ3) is 2.18. The molecule has 1 aromatic rings. The molecule has 4 nitrogen and oxygen atoms in total. The Labute approximate surface area is 68.8 Å². The maximum absolute atomic E-state index is 12.7. The van der Waals surface area contributed by atoms with E-state index >= 15 is 0 Å². The second kappa shape index (κ2) is 3.51. The van der Waals surface area contributed by atoms with Gasteiger partial charge in [0.2, 0.25) is 0 Å². The van der Waals surface area contributed by atoms with Gasteiger partial charge in [0, 0.05) is 6.20 Å². The highest BCUT2D eigenvalue weighted by Crippen LogP contribution is 2.15. The first-order chi connectivity index (χ1) is 5.59. The van der Waals surface area contributed by atoms with E-state index < -0.39 is 13.3 Å². The van der Waals surface area contributed by atoms with Gasteiger partial charge in [-0.3, -0.25) is 0 Å². The molecule has 1 aromatic heterocycles. The first-order valence-corrected chi connectivity index (χ1v) is 3.24. The van der Waals surface area contributed by atoms with Gasteiger partial charge in [-0.2, -0.15) is 4.39 Å². The van der Waals surface area contributed by atoms with Crippen molar-refractivity contribution < 1.29 is 19.1 Å². The van der Waals surface area contributed by atoms with Crippen LogP contribution in [-0.2, 0) is 0 Å². The SMILES string of the molecule is Cc1cnc(F)c(OB(O)O)c1. The van der Waals surface area contributed by atoms with Gasteiger partial charge in [-0.1, -0.05) is 0 Å². The number of hydrogen-bond donors (Lipinski definition) is 2. The molecule has 0 saturated carbocycles. The molecule has 0 aromatic carbocycles. The van der Waals surface area contributed by atoms with E-state index in [1.807, 2.05) is 0 Å². The molecule has 1 rings (SSSR count). The molecule has 0 spiro atoms. The fourth-order valence-corrected chi connectivity index (χ4v) is 0.722. The van der Waals surface area contributed by atoms with E-state index in [2.05, 4.69) is 9.64 Å². The Morgan fingerprint density at radius 2 is 2.25 bits per heavy atom. The molecule has 0 unspecified atom stereocenters. The average Bonchev–Trinajstić information content (AvgIpc) is 1.96. The van der Waals surface area contributed by atoms with Crippen LogP contribution in [0.15, 0.2) is 12.3 Å². The van der Waals surface area contributed by atoms with Crippen molar-refractivity contribution in [1.29, 1.82) is 0 Å². The summed E-state index contributed by atoms with van der Waals surface area (Å²) in [5.41, 5.74) is 0.673. The molecular weight excluding hydrogens is 164 g/mol. The molecule has 0 bridgehead atoms. The van der Waals surface area contributed by atoms with Gasteiger partial charge in [-0.25, -0.2) is 4.98 Å². The lowest BCUT2D eigenvalue weighted by Gasteiger charge is -2.04. The number of aromatic nitrogens is 1. The van der Waals surface area contributed by atoms with Crippen molar-refractivity contribution in [2.75, 3.05) is 0 Å². The van der Waals surface area contributed by atoms with Crippen LogP contribution in [0.1, 0.15) is 5.56 Å². The Kier molecular flexibility index (Phi) is 2.62. The normalized spacial score (nSPS) is 9.67. The van der Waals surface area contributed by atoms with Crippen molar-refractivity contribution in [2.45, 2.75) is 6.92 Å². The molecule has 0 atom stereocenters. The monoisotopic (exact) mass is 171 g/mol. The first kappa shape index (κ1) is 8.96. The Bertz CT molecular complexity index is 281. The summed E-state index contributed by atoms with van der Waals surface area (Å²) in [7, 11) is -2.02. The summed E-state index contributed by atoms with van der Waals surface area (Å²) in [6, 6.07) is 1.32. The molecule has 12 heavy (non-hydrogen) atoms. The highest BCUT2D eigenvalue weighted by molar-refractivity contribution is 6.33. The molecule has 2 N–H and O–H groups in total. The van der Waals surface area contributed by atoms with Gasteiger partial charge >= 0.3 is 7.32 Å². The smallest absolute Gasteiger partial charge is 0.508 e. The van der Waals surface area contributed by atoms with Crippen molar-refractivity contribution in [3.8, 4) is 5.75 Å². The summed E-state index contributed by atoms with van der Waals surface area (Å²) >= 11 is 0. The first-order valence-electron chi connectivity index (χ1n) is 3.24. The molecule has 0 fully saturated rings. The zero-order valence-corrected chi connectivity index (χ0v) is 6.36. The molecule has 6 heteroatoms. The fourth-order valence-electron chi connectivity index (χ4n) is 0.722. The zero-order valence-electron chi connectivity index (χ0n) is 6.36. The number of nitrogens with zero attached hydrogens (tertiary/aromatic N) is 1. The van der Waals surface area contributed by atoms with Crippen molar-refractivity contribution in [1.82, 2.24) is 4.98 Å². The topological polar surface area (TPSA) is 62.6 Å². The van der Waals surface area contributed by atoms with Crippen LogP contribution < -0.4 is 4.65 Å². The summed E-state index contributed by atoms with van der Waals surface area (Å²) < 4.78 is 17.0. The van der Waals surface area contributed by atoms with Crippen LogP contribution in [0.3, 0.4) is 0 Å². The van der Waals surface area contributed by atoms with E-state index in [1.54, 1.807) is 6.92 Å². The Morgan fingerprint density at radius 3 is 2.83 bits per heavy atom. The Morgan fingerprint density at radius 1 is 1.58 bits per heavy atom. The number of aryl methyl sites for hydroxylation is 1. The van der Waals surface area contributed by atoms with Gasteiger partial charge in [-0.15, -0.1) is 0 Å². The number of halogens is 1. The van der Waals surface area contributed by atoms with Crippen molar-refractivity contribution >= 4 is 7.32 Å². The van der Waals surface area contributed by atoms with E-state index in [0.717, 1.165) is 0 Å². The van der Waals surface area contributed by atoms with Crippen molar-refractivity contribution in [2.24, 2.45) is 0 Å². The van der Waals surface area contributed by atoms with Gasteiger partial charge in [0.25, 0.3) is 5.95 Å². The van der Waals surface area contributed by atoms with Crippen LogP contribution in [0.25, 0.3) is 0 Å². The summed E-state index contributed by atoms with van der Waals surface area (Å²) in [4.78, 5) is 3.32. The second-order valence-electron chi connectivity index (χ2n) is 2.25. The molecule has 1 heterocycles. The average molecular weight is 171 g/mol. The van der Waals surface area contributed by atoms with Crippen molar-refractivity contribution in [3.63, 3.8) is 0 Å². The maximum Gasteiger partial charge on any atom is 0.707 e. The standard InChI is InChI=1S/C6H7BFNO3/c1-4-2-5(12-7(10)11)6(8)9-3-4/h2-3,10-11H,1H3. The van der Waals surface area contributed by atoms with Gasteiger partial charge in [-0.05, 0) is 18.6 Å². The van der Waals surface area contributed by atoms with E-state index in [-0.39, 0.29) is 5.75 Å². The van der Waals surface area contributed by atoms with E-state index in [0.29, 0.717) is 5.56 Å². The minimum absolute atomic E-state index is 0.273. The van der Waals surface area contributed by atoms with Gasteiger partial charge in [0.1, 0.15) is 0 Å². The fraction of sp³-hybridized carbons (Fsp3) is 0.167. The minimum Gasteiger partial charge on any atom is -0.508 e.